The predicted molar refractivity (Wildman–Crippen MR) is 73.3 cm³/mol. The average molecular weight is 282 g/mol. The van der Waals surface area contributed by atoms with Crippen molar-refractivity contribution in [1.29, 1.82) is 0 Å². The van der Waals surface area contributed by atoms with E-state index in [2.05, 4.69) is 0 Å². The maximum atomic E-state index is 11.1. The average Bonchev–Trinajstić information content (AvgIpc) is 2.32. The van der Waals surface area contributed by atoms with E-state index in [0.29, 0.717) is 21.2 Å². The first kappa shape index (κ1) is 12.9. The molecule has 2 rings (SSSR count). The molecule has 0 amide bonds. The molecule has 0 heterocycles. The number of aryl methyl sites for hydroxylation is 1. The van der Waals surface area contributed by atoms with Crippen LogP contribution in [0.25, 0.3) is 11.1 Å². The van der Waals surface area contributed by atoms with Crippen LogP contribution in [0.2, 0.25) is 10.0 Å². The minimum Gasteiger partial charge on any atom is -0.258 e. The second-order valence-corrected chi connectivity index (χ2v) is 4.75. The van der Waals surface area contributed by atoms with Crippen molar-refractivity contribution >= 4 is 28.9 Å². The molecule has 0 aliphatic carbocycles. The highest BCUT2D eigenvalue weighted by atomic mass is 35.5. The fourth-order valence-corrected chi connectivity index (χ4v) is 2.12. The largest absolute Gasteiger partial charge is 0.277 e. The summed E-state index contributed by atoms with van der Waals surface area (Å²) in [5.41, 5.74) is 1.89. The van der Waals surface area contributed by atoms with E-state index in [1.165, 1.54) is 6.07 Å². The van der Waals surface area contributed by atoms with Gasteiger partial charge in [-0.3, -0.25) is 10.1 Å². The van der Waals surface area contributed by atoms with Gasteiger partial charge in [0, 0.05) is 21.7 Å². The molecule has 0 aliphatic heterocycles. The van der Waals surface area contributed by atoms with Gasteiger partial charge in [0.1, 0.15) is 0 Å². The van der Waals surface area contributed by atoms with Gasteiger partial charge in [-0.25, -0.2) is 0 Å². The van der Waals surface area contributed by atoms with Gasteiger partial charge in [0.05, 0.1) is 10.5 Å². The zero-order valence-electron chi connectivity index (χ0n) is 9.48. The zero-order chi connectivity index (χ0) is 13.3. The molecule has 0 bridgehead atoms. The van der Waals surface area contributed by atoms with Crippen molar-refractivity contribution in [2.45, 2.75) is 6.92 Å². The molecule has 0 saturated heterocycles. The van der Waals surface area contributed by atoms with E-state index in [1.807, 2.05) is 0 Å². The number of nitro groups is 1. The van der Waals surface area contributed by atoms with Crippen LogP contribution in [-0.4, -0.2) is 4.92 Å². The lowest BCUT2D eigenvalue weighted by molar-refractivity contribution is -0.384. The summed E-state index contributed by atoms with van der Waals surface area (Å²) >= 11 is 12.0. The molecule has 92 valence electrons. The third-order valence-corrected chi connectivity index (χ3v) is 3.13. The van der Waals surface area contributed by atoms with Crippen molar-refractivity contribution in [3.8, 4) is 11.1 Å². The van der Waals surface area contributed by atoms with Crippen molar-refractivity contribution in [2.24, 2.45) is 0 Å². The molecule has 0 unspecified atom stereocenters. The Labute approximate surface area is 114 Å². The van der Waals surface area contributed by atoms with E-state index in [0.717, 1.165) is 5.56 Å². The Morgan fingerprint density at radius 3 is 2.44 bits per heavy atom. The number of nitrogens with zero attached hydrogens (tertiary/aromatic N) is 1. The normalized spacial score (nSPS) is 10.4. The molecule has 2 aromatic rings. The van der Waals surface area contributed by atoms with Crippen LogP contribution < -0.4 is 0 Å². The van der Waals surface area contributed by atoms with Gasteiger partial charge in [0.25, 0.3) is 5.69 Å². The fourth-order valence-electron chi connectivity index (χ4n) is 1.72. The van der Waals surface area contributed by atoms with E-state index in [9.17, 15) is 10.1 Å². The van der Waals surface area contributed by atoms with Crippen LogP contribution in [0.3, 0.4) is 0 Å². The Kier molecular flexibility index (Phi) is 3.55. The SMILES string of the molecule is Cc1ccc(-c2cc(Cl)ccc2Cl)c([N+](=O)[O-])c1. The van der Waals surface area contributed by atoms with Crippen molar-refractivity contribution in [1.82, 2.24) is 0 Å². The Morgan fingerprint density at radius 2 is 1.78 bits per heavy atom. The lowest BCUT2D eigenvalue weighted by Crippen LogP contribution is -1.93. The van der Waals surface area contributed by atoms with Gasteiger partial charge in [-0.2, -0.15) is 0 Å². The lowest BCUT2D eigenvalue weighted by Gasteiger charge is -2.07. The van der Waals surface area contributed by atoms with E-state index < -0.39 is 4.92 Å². The van der Waals surface area contributed by atoms with Crippen LogP contribution in [0, 0.1) is 17.0 Å². The molecule has 0 radical (unpaired) electrons. The van der Waals surface area contributed by atoms with Crippen LogP contribution in [0.5, 0.6) is 0 Å². The van der Waals surface area contributed by atoms with Crippen LogP contribution >= 0.6 is 23.2 Å². The van der Waals surface area contributed by atoms with Gasteiger partial charge in [-0.1, -0.05) is 29.3 Å². The first-order chi connectivity index (χ1) is 8.49. The van der Waals surface area contributed by atoms with Gasteiger partial charge >= 0.3 is 0 Å². The molecule has 0 saturated carbocycles. The molecule has 0 fully saturated rings. The molecule has 0 N–H and O–H groups in total. The van der Waals surface area contributed by atoms with E-state index in [4.69, 9.17) is 23.2 Å². The molecule has 18 heavy (non-hydrogen) atoms. The second kappa shape index (κ2) is 4.96. The smallest absolute Gasteiger partial charge is 0.258 e. The van der Waals surface area contributed by atoms with E-state index in [-0.39, 0.29) is 5.69 Å². The summed E-state index contributed by atoms with van der Waals surface area (Å²) < 4.78 is 0. The Morgan fingerprint density at radius 1 is 1.06 bits per heavy atom. The van der Waals surface area contributed by atoms with Crippen LogP contribution in [0.15, 0.2) is 36.4 Å². The van der Waals surface area contributed by atoms with Crippen molar-refractivity contribution < 1.29 is 4.92 Å². The third kappa shape index (κ3) is 2.47. The molecular weight excluding hydrogens is 273 g/mol. The van der Waals surface area contributed by atoms with Crippen LogP contribution in [-0.2, 0) is 0 Å². The maximum absolute atomic E-state index is 11.1. The van der Waals surface area contributed by atoms with Crippen molar-refractivity contribution in [2.75, 3.05) is 0 Å². The lowest BCUT2D eigenvalue weighted by atomic mass is 10.0. The summed E-state index contributed by atoms with van der Waals surface area (Å²) in [6, 6.07) is 9.91. The number of hydrogen-bond donors (Lipinski definition) is 0. The molecular formula is C13H9Cl2NO2. The first-order valence-corrected chi connectivity index (χ1v) is 5.95. The zero-order valence-corrected chi connectivity index (χ0v) is 11.0. The highest BCUT2D eigenvalue weighted by Gasteiger charge is 2.17. The van der Waals surface area contributed by atoms with Gasteiger partial charge in [0.2, 0.25) is 0 Å². The number of hydrogen-bond acceptors (Lipinski definition) is 2. The molecule has 5 heteroatoms. The molecule has 0 aromatic heterocycles. The van der Waals surface area contributed by atoms with E-state index >= 15 is 0 Å². The summed E-state index contributed by atoms with van der Waals surface area (Å²) in [6.07, 6.45) is 0. The monoisotopic (exact) mass is 281 g/mol. The molecule has 2 aromatic carbocycles. The maximum Gasteiger partial charge on any atom is 0.277 e. The van der Waals surface area contributed by atoms with Gasteiger partial charge in [-0.05, 0) is 36.8 Å². The highest BCUT2D eigenvalue weighted by Crippen LogP contribution is 2.36. The van der Waals surface area contributed by atoms with E-state index in [1.54, 1.807) is 37.3 Å². The van der Waals surface area contributed by atoms with Gasteiger partial charge in [-0.15, -0.1) is 0 Å². The Bertz CT molecular complexity index is 626. The number of rotatable bonds is 2. The summed E-state index contributed by atoms with van der Waals surface area (Å²) in [7, 11) is 0. The summed E-state index contributed by atoms with van der Waals surface area (Å²) in [4.78, 5) is 10.7. The van der Waals surface area contributed by atoms with Crippen LogP contribution in [0.4, 0.5) is 5.69 Å². The Hall–Kier alpha value is -1.58. The summed E-state index contributed by atoms with van der Waals surface area (Å²) in [5.74, 6) is 0. The van der Waals surface area contributed by atoms with Crippen LogP contribution in [0.1, 0.15) is 5.56 Å². The van der Waals surface area contributed by atoms with Crippen molar-refractivity contribution in [3.05, 3.63) is 62.1 Å². The molecule has 0 spiro atoms. The summed E-state index contributed by atoms with van der Waals surface area (Å²) in [6.45, 7) is 1.80. The minimum atomic E-state index is -0.417. The fraction of sp³-hybridized carbons (Fsp3) is 0.0769. The topological polar surface area (TPSA) is 43.1 Å². The number of benzene rings is 2. The minimum absolute atomic E-state index is 0.0270. The Balaban J connectivity index is 2.70. The third-order valence-electron chi connectivity index (χ3n) is 2.57. The standard InChI is InChI=1S/C13H9Cl2NO2/c1-8-2-4-10(13(6-8)16(17)18)11-7-9(14)3-5-12(11)15/h2-7H,1H3. The first-order valence-electron chi connectivity index (χ1n) is 5.19. The molecule has 0 atom stereocenters. The van der Waals surface area contributed by atoms with Gasteiger partial charge in [0.15, 0.2) is 0 Å². The molecule has 0 aliphatic rings. The molecule has 3 nitrogen and oxygen atoms in total. The quantitative estimate of drug-likeness (QED) is 0.582. The van der Waals surface area contributed by atoms with Crippen molar-refractivity contribution in [3.63, 3.8) is 0 Å². The second-order valence-electron chi connectivity index (χ2n) is 3.90. The van der Waals surface area contributed by atoms with Gasteiger partial charge < -0.3 is 0 Å². The summed E-state index contributed by atoms with van der Waals surface area (Å²) in [5, 5.41) is 12.0. The number of nitro benzene ring substituents is 1. The predicted octanol–water partition coefficient (Wildman–Crippen LogP) is 4.88. The highest BCUT2D eigenvalue weighted by molar-refractivity contribution is 6.35. The number of halogens is 2.